The normalized spacial score (nSPS) is 11.5. The van der Waals surface area contributed by atoms with Gasteiger partial charge >= 0.3 is 0 Å². The molecule has 0 saturated carbocycles. The Morgan fingerprint density at radius 2 is 1.74 bits per heavy atom. The van der Waals surface area contributed by atoms with Gasteiger partial charge in [-0.05, 0) is 48.7 Å². The highest BCUT2D eigenvalue weighted by molar-refractivity contribution is 7.99. The van der Waals surface area contributed by atoms with Gasteiger partial charge in [0.05, 0.1) is 16.9 Å². The number of carbonyl (C=O) groups excluding carboxylic acids is 1. The lowest BCUT2D eigenvalue weighted by Gasteiger charge is -2.12. The fourth-order valence-corrected chi connectivity index (χ4v) is 2.89. The van der Waals surface area contributed by atoms with Crippen LogP contribution in [0.1, 0.15) is 30.5 Å². The van der Waals surface area contributed by atoms with Crippen molar-refractivity contribution in [3.05, 3.63) is 65.2 Å². The molecule has 23 heavy (non-hydrogen) atoms. The minimum Gasteiger partial charge on any atom is -0.325 e. The highest BCUT2D eigenvalue weighted by Crippen LogP contribution is 2.20. The fraction of sp³-hybridized carbons (Fsp3) is 0.263. The van der Waals surface area contributed by atoms with Gasteiger partial charge in [-0.25, -0.2) is 0 Å². The average molecular weight is 324 g/mol. The molecule has 3 nitrogen and oxygen atoms in total. The number of thioether (sulfide) groups is 1. The van der Waals surface area contributed by atoms with Crippen molar-refractivity contribution in [1.29, 1.82) is 5.26 Å². The van der Waals surface area contributed by atoms with E-state index in [0.717, 1.165) is 23.4 Å². The third-order valence-electron chi connectivity index (χ3n) is 3.58. The molecule has 0 aliphatic carbocycles. The van der Waals surface area contributed by atoms with E-state index >= 15 is 0 Å². The van der Waals surface area contributed by atoms with Gasteiger partial charge in [0.1, 0.15) is 0 Å². The average Bonchev–Trinajstić information content (AvgIpc) is 2.60. The van der Waals surface area contributed by atoms with Crippen molar-refractivity contribution in [3.8, 4) is 6.07 Å². The molecule has 1 atom stereocenters. The number of anilines is 1. The minimum absolute atomic E-state index is 0.00731. The molecule has 2 aromatic rings. The summed E-state index contributed by atoms with van der Waals surface area (Å²) in [5.41, 5.74) is 3.85. The van der Waals surface area contributed by atoms with Crippen molar-refractivity contribution in [2.75, 3.05) is 5.32 Å². The molecular weight excluding hydrogens is 304 g/mol. The first kappa shape index (κ1) is 17.1. The second-order valence-electron chi connectivity index (χ2n) is 5.30. The van der Waals surface area contributed by atoms with E-state index in [0.29, 0.717) is 5.56 Å². The molecule has 4 heteroatoms. The Labute approximate surface area is 141 Å². The van der Waals surface area contributed by atoms with Crippen molar-refractivity contribution in [3.63, 3.8) is 0 Å². The van der Waals surface area contributed by atoms with Crippen LogP contribution < -0.4 is 5.32 Å². The first-order valence-corrected chi connectivity index (χ1v) is 8.67. The highest BCUT2D eigenvalue weighted by atomic mass is 32.2. The molecule has 0 bridgehead atoms. The zero-order valence-corrected chi connectivity index (χ0v) is 14.2. The van der Waals surface area contributed by atoms with E-state index in [1.54, 1.807) is 23.9 Å². The molecule has 1 unspecified atom stereocenters. The minimum atomic E-state index is -0.142. The lowest BCUT2D eigenvalue weighted by atomic mass is 10.1. The smallest absolute Gasteiger partial charge is 0.237 e. The Kier molecular flexibility index (Phi) is 6.25. The fourth-order valence-electron chi connectivity index (χ4n) is 2.04. The summed E-state index contributed by atoms with van der Waals surface area (Å²) in [4.78, 5) is 12.2. The maximum Gasteiger partial charge on any atom is 0.237 e. The molecule has 0 aliphatic heterocycles. The number of amides is 1. The number of nitriles is 1. The van der Waals surface area contributed by atoms with Crippen LogP contribution in [0.2, 0.25) is 0 Å². The molecule has 2 aromatic carbocycles. The first-order chi connectivity index (χ1) is 11.1. The van der Waals surface area contributed by atoms with E-state index < -0.39 is 0 Å². The van der Waals surface area contributed by atoms with Crippen LogP contribution in [0.5, 0.6) is 0 Å². The van der Waals surface area contributed by atoms with Gasteiger partial charge in [-0.15, -0.1) is 11.8 Å². The Balaban J connectivity index is 1.85. The van der Waals surface area contributed by atoms with Crippen LogP contribution in [0.4, 0.5) is 5.69 Å². The molecule has 0 heterocycles. The van der Waals surface area contributed by atoms with E-state index in [-0.39, 0.29) is 11.2 Å². The van der Waals surface area contributed by atoms with Gasteiger partial charge in [-0.3, -0.25) is 4.79 Å². The highest BCUT2D eigenvalue weighted by Gasteiger charge is 2.13. The number of carbonyl (C=O) groups is 1. The molecule has 1 N–H and O–H groups in total. The van der Waals surface area contributed by atoms with E-state index in [4.69, 9.17) is 5.26 Å². The van der Waals surface area contributed by atoms with Gasteiger partial charge in [0.2, 0.25) is 5.91 Å². The molecule has 0 aliphatic rings. The zero-order valence-electron chi connectivity index (χ0n) is 13.4. The van der Waals surface area contributed by atoms with Crippen LogP contribution in [0.3, 0.4) is 0 Å². The summed E-state index contributed by atoms with van der Waals surface area (Å²) in [5, 5.41) is 11.6. The maximum atomic E-state index is 12.2. The predicted octanol–water partition coefficient (Wildman–Crippen LogP) is 4.38. The number of hydrogen-bond acceptors (Lipinski definition) is 3. The molecule has 118 valence electrons. The Morgan fingerprint density at radius 3 is 2.30 bits per heavy atom. The number of nitrogens with one attached hydrogen (secondary N) is 1. The third-order valence-corrected chi connectivity index (χ3v) is 4.80. The van der Waals surface area contributed by atoms with Crippen LogP contribution in [-0.2, 0) is 17.0 Å². The quantitative estimate of drug-likeness (QED) is 0.858. The summed E-state index contributed by atoms with van der Waals surface area (Å²) >= 11 is 1.58. The monoisotopic (exact) mass is 324 g/mol. The van der Waals surface area contributed by atoms with Gasteiger partial charge in [-0.2, -0.15) is 5.26 Å². The van der Waals surface area contributed by atoms with E-state index in [1.807, 2.05) is 43.3 Å². The Morgan fingerprint density at radius 1 is 1.13 bits per heavy atom. The molecule has 0 radical (unpaired) electrons. The van der Waals surface area contributed by atoms with Gasteiger partial charge in [-0.1, -0.05) is 31.2 Å². The van der Waals surface area contributed by atoms with Gasteiger partial charge in [0.15, 0.2) is 0 Å². The molecular formula is C19H20N2OS. The third kappa shape index (κ3) is 5.15. The Hall–Kier alpha value is -2.25. The summed E-state index contributed by atoms with van der Waals surface area (Å²) in [7, 11) is 0. The first-order valence-electron chi connectivity index (χ1n) is 7.63. The standard InChI is InChI=1S/C19H20N2OS/c1-3-15-8-10-18(11-9-15)21-19(22)14(2)23-13-17-6-4-16(12-20)5-7-17/h4-11,14H,3,13H2,1-2H3,(H,21,22). The largest absolute Gasteiger partial charge is 0.325 e. The summed E-state index contributed by atoms with van der Waals surface area (Å²) in [6.45, 7) is 4.01. The van der Waals surface area contributed by atoms with Crippen LogP contribution in [0.15, 0.2) is 48.5 Å². The maximum absolute atomic E-state index is 12.2. The van der Waals surface area contributed by atoms with Gasteiger partial charge in [0.25, 0.3) is 0 Å². The zero-order chi connectivity index (χ0) is 16.7. The second kappa shape index (κ2) is 8.40. The summed E-state index contributed by atoms with van der Waals surface area (Å²) in [6.07, 6.45) is 0.991. The van der Waals surface area contributed by atoms with Crippen LogP contribution >= 0.6 is 11.8 Å². The van der Waals surface area contributed by atoms with Crippen molar-refractivity contribution >= 4 is 23.4 Å². The van der Waals surface area contributed by atoms with Crippen molar-refractivity contribution in [2.45, 2.75) is 31.3 Å². The van der Waals surface area contributed by atoms with Crippen LogP contribution in [-0.4, -0.2) is 11.2 Å². The molecule has 1 amide bonds. The number of aryl methyl sites for hydroxylation is 1. The predicted molar refractivity (Wildman–Crippen MR) is 96.4 cm³/mol. The SMILES string of the molecule is CCc1ccc(NC(=O)C(C)SCc2ccc(C#N)cc2)cc1. The number of nitrogens with zero attached hydrogens (tertiary/aromatic N) is 1. The molecule has 0 saturated heterocycles. The van der Waals surface area contributed by atoms with Crippen molar-refractivity contribution < 1.29 is 4.79 Å². The number of benzene rings is 2. The van der Waals surface area contributed by atoms with Crippen molar-refractivity contribution in [1.82, 2.24) is 0 Å². The second-order valence-corrected chi connectivity index (χ2v) is 6.63. The lowest BCUT2D eigenvalue weighted by molar-refractivity contribution is -0.115. The van der Waals surface area contributed by atoms with Gasteiger partial charge < -0.3 is 5.32 Å². The number of rotatable bonds is 6. The van der Waals surface area contributed by atoms with Crippen molar-refractivity contribution in [2.24, 2.45) is 0 Å². The van der Waals surface area contributed by atoms with Crippen LogP contribution in [0, 0.1) is 11.3 Å². The van der Waals surface area contributed by atoms with E-state index in [1.165, 1.54) is 5.56 Å². The van der Waals surface area contributed by atoms with Crippen LogP contribution in [0.25, 0.3) is 0 Å². The van der Waals surface area contributed by atoms with E-state index in [2.05, 4.69) is 18.3 Å². The molecule has 0 aromatic heterocycles. The summed E-state index contributed by atoms with van der Waals surface area (Å²) < 4.78 is 0. The topological polar surface area (TPSA) is 52.9 Å². The van der Waals surface area contributed by atoms with E-state index in [9.17, 15) is 4.79 Å². The summed E-state index contributed by atoms with van der Waals surface area (Å²) in [6, 6.07) is 17.5. The number of hydrogen-bond donors (Lipinski definition) is 1. The molecule has 2 rings (SSSR count). The lowest BCUT2D eigenvalue weighted by Crippen LogP contribution is -2.22. The molecule has 0 fully saturated rings. The van der Waals surface area contributed by atoms with Gasteiger partial charge in [0, 0.05) is 11.4 Å². The summed E-state index contributed by atoms with van der Waals surface area (Å²) in [5.74, 6) is 0.752. The molecule has 0 spiro atoms. The Bertz CT molecular complexity index is 687.